The third-order valence-corrected chi connectivity index (χ3v) is 3.87. The van der Waals surface area contributed by atoms with Crippen molar-refractivity contribution in [1.82, 2.24) is 5.32 Å². The molecule has 0 bridgehead atoms. The van der Waals surface area contributed by atoms with Crippen LogP contribution in [0.4, 0.5) is 0 Å². The summed E-state index contributed by atoms with van der Waals surface area (Å²) >= 11 is 0. The zero-order chi connectivity index (χ0) is 10.3. The summed E-state index contributed by atoms with van der Waals surface area (Å²) in [4.78, 5) is 0. The number of ether oxygens (including phenoxy) is 1. The van der Waals surface area contributed by atoms with E-state index in [9.17, 15) is 0 Å². The van der Waals surface area contributed by atoms with E-state index in [1.165, 1.54) is 30.5 Å². The van der Waals surface area contributed by atoms with Gasteiger partial charge in [0.2, 0.25) is 0 Å². The molecule has 1 fully saturated rings. The van der Waals surface area contributed by atoms with E-state index in [1.807, 2.05) is 0 Å². The molecule has 16 heavy (non-hydrogen) atoms. The highest BCUT2D eigenvalue weighted by atomic mass is 35.5. The molecule has 1 aromatic carbocycles. The van der Waals surface area contributed by atoms with Crippen molar-refractivity contribution in [3.05, 3.63) is 29.3 Å². The van der Waals surface area contributed by atoms with Crippen LogP contribution >= 0.6 is 12.4 Å². The minimum absolute atomic E-state index is 0. The van der Waals surface area contributed by atoms with Gasteiger partial charge in [0.15, 0.2) is 0 Å². The van der Waals surface area contributed by atoms with Gasteiger partial charge in [-0.15, -0.1) is 12.4 Å². The minimum Gasteiger partial charge on any atom is -0.496 e. The van der Waals surface area contributed by atoms with Crippen molar-refractivity contribution in [2.45, 2.75) is 18.8 Å². The molecule has 1 saturated heterocycles. The molecule has 1 aliphatic carbocycles. The Bertz CT molecular complexity index is 366. The van der Waals surface area contributed by atoms with Gasteiger partial charge in [0.1, 0.15) is 5.75 Å². The number of fused-ring (bicyclic) bond motifs is 3. The van der Waals surface area contributed by atoms with Gasteiger partial charge < -0.3 is 10.1 Å². The fraction of sp³-hybridized carbons (Fsp3) is 0.538. The molecule has 1 N–H and O–H groups in total. The van der Waals surface area contributed by atoms with E-state index in [0.717, 1.165) is 18.2 Å². The van der Waals surface area contributed by atoms with Crippen LogP contribution < -0.4 is 10.1 Å². The molecular formula is C13H18ClNO. The van der Waals surface area contributed by atoms with E-state index >= 15 is 0 Å². The quantitative estimate of drug-likeness (QED) is 0.813. The zero-order valence-electron chi connectivity index (χ0n) is 9.53. The number of halogens is 1. The average molecular weight is 240 g/mol. The van der Waals surface area contributed by atoms with Gasteiger partial charge in [-0.2, -0.15) is 0 Å². The Balaban J connectivity index is 0.000000963. The molecule has 0 aromatic heterocycles. The van der Waals surface area contributed by atoms with Gasteiger partial charge in [-0.1, -0.05) is 12.1 Å². The van der Waals surface area contributed by atoms with Crippen LogP contribution in [0.3, 0.4) is 0 Å². The fourth-order valence-corrected chi connectivity index (χ4v) is 3.12. The molecule has 3 rings (SSSR count). The van der Waals surface area contributed by atoms with Crippen LogP contribution in [0, 0.1) is 5.92 Å². The van der Waals surface area contributed by atoms with Gasteiger partial charge in [-0.25, -0.2) is 0 Å². The third-order valence-electron chi connectivity index (χ3n) is 3.87. The molecule has 2 aliphatic rings. The fourth-order valence-electron chi connectivity index (χ4n) is 3.12. The van der Waals surface area contributed by atoms with Crippen molar-refractivity contribution in [1.29, 1.82) is 0 Å². The van der Waals surface area contributed by atoms with Gasteiger partial charge in [0, 0.05) is 18.0 Å². The molecular weight excluding hydrogens is 222 g/mol. The predicted molar refractivity (Wildman–Crippen MR) is 67.7 cm³/mol. The summed E-state index contributed by atoms with van der Waals surface area (Å²) < 4.78 is 5.49. The molecule has 0 spiro atoms. The number of hydrogen-bond acceptors (Lipinski definition) is 2. The largest absolute Gasteiger partial charge is 0.496 e. The molecule has 88 valence electrons. The summed E-state index contributed by atoms with van der Waals surface area (Å²) in [6.07, 6.45) is 2.55. The maximum Gasteiger partial charge on any atom is 0.122 e. The molecule has 3 heteroatoms. The number of hydrogen-bond donors (Lipinski definition) is 1. The lowest BCUT2D eigenvalue weighted by atomic mass is 9.76. The van der Waals surface area contributed by atoms with Crippen molar-refractivity contribution < 1.29 is 4.74 Å². The molecule has 0 saturated carbocycles. The summed E-state index contributed by atoms with van der Waals surface area (Å²) in [5, 5.41) is 3.50. The standard InChI is InChI=1S/C13H17NO.ClH/c1-15-12-4-2-3-9-5-6-10-7-14-8-11(10)13(9)12;/h2-4,10-11,14H,5-8H2,1H3;1H/t10-,11-;/m0./s1. The molecule has 2 nitrogen and oxygen atoms in total. The summed E-state index contributed by atoms with van der Waals surface area (Å²) in [7, 11) is 1.78. The molecule has 0 amide bonds. The van der Waals surface area contributed by atoms with Crippen LogP contribution in [0.25, 0.3) is 0 Å². The number of benzene rings is 1. The van der Waals surface area contributed by atoms with Crippen LogP contribution in [-0.2, 0) is 6.42 Å². The first-order valence-corrected chi connectivity index (χ1v) is 5.76. The molecule has 1 aromatic rings. The first-order chi connectivity index (χ1) is 7.40. The molecule has 1 heterocycles. The van der Waals surface area contributed by atoms with E-state index in [0.29, 0.717) is 5.92 Å². The second kappa shape index (κ2) is 4.64. The van der Waals surface area contributed by atoms with Crippen LogP contribution in [0.5, 0.6) is 5.75 Å². The van der Waals surface area contributed by atoms with Crippen molar-refractivity contribution in [2.75, 3.05) is 20.2 Å². The van der Waals surface area contributed by atoms with E-state index in [-0.39, 0.29) is 12.4 Å². The van der Waals surface area contributed by atoms with Crippen LogP contribution in [0.1, 0.15) is 23.5 Å². The van der Waals surface area contributed by atoms with Gasteiger partial charge in [0.05, 0.1) is 7.11 Å². The number of aryl methyl sites for hydroxylation is 1. The van der Waals surface area contributed by atoms with Gasteiger partial charge in [0.25, 0.3) is 0 Å². The van der Waals surface area contributed by atoms with E-state index in [2.05, 4.69) is 23.5 Å². The summed E-state index contributed by atoms with van der Waals surface area (Å²) in [6, 6.07) is 6.46. The summed E-state index contributed by atoms with van der Waals surface area (Å²) in [5.41, 5.74) is 2.97. The van der Waals surface area contributed by atoms with Crippen molar-refractivity contribution in [3.8, 4) is 5.75 Å². The molecule has 1 aliphatic heterocycles. The van der Waals surface area contributed by atoms with Gasteiger partial charge >= 0.3 is 0 Å². The summed E-state index contributed by atoms with van der Waals surface area (Å²) in [6.45, 7) is 2.31. The van der Waals surface area contributed by atoms with E-state index in [1.54, 1.807) is 7.11 Å². The molecule has 2 atom stereocenters. The Morgan fingerprint density at radius 1 is 1.31 bits per heavy atom. The first kappa shape index (κ1) is 11.7. The SMILES string of the molecule is COc1cccc2c1[C@H]1CNC[C@@H]1CC2.Cl. The maximum absolute atomic E-state index is 5.49. The maximum atomic E-state index is 5.49. The van der Waals surface area contributed by atoms with Crippen LogP contribution in [-0.4, -0.2) is 20.2 Å². The van der Waals surface area contributed by atoms with Crippen molar-refractivity contribution in [3.63, 3.8) is 0 Å². The normalized spacial score (nSPS) is 26.6. The van der Waals surface area contributed by atoms with Crippen LogP contribution in [0.2, 0.25) is 0 Å². The second-order valence-electron chi connectivity index (χ2n) is 4.60. The van der Waals surface area contributed by atoms with Crippen molar-refractivity contribution >= 4 is 12.4 Å². The summed E-state index contributed by atoms with van der Waals surface area (Å²) in [5.74, 6) is 2.60. The average Bonchev–Trinajstić information content (AvgIpc) is 2.76. The Labute approximate surface area is 103 Å². The highest BCUT2D eigenvalue weighted by molar-refractivity contribution is 5.85. The number of nitrogens with one attached hydrogen (secondary N) is 1. The zero-order valence-corrected chi connectivity index (χ0v) is 10.3. The lowest BCUT2D eigenvalue weighted by Gasteiger charge is -2.28. The van der Waals surface area contributed by atoms with Crippen molar-refractivity contribution in [2.24, 2.45) is 5.92 Å². The molecule has 0 unspecified atom stereocenters. The second-order valence-corrected chi connectivity index (χ2v) is 4.60. The predicted octanol–water partition coefficient (Wildman–Crippen LogP) is 2.37. The minimum atomic E-state index is 0. The molecule has 0 radical (unpaired) electrons. The number of rotatable bonds is 1. The van der Waals surface area contributed by atoms with E-state index < -0.39 is 0 Å². The van der Waals surface area contributed by atoms with Gasteiger partial charge in [-0.05, 0) is 36.9 Å². The Morgan fingerprint density at radius 3 is 3.00 bits per heavy atom. The van der Waals surface area contributed by atoms with E-state index in [4.69, 9.17) is 4.74 Å². The third kappa shape index (κ3) is 1.70. The highest BCUT2D eigenvalue weighted by Crippen LogP contribution is 2.42. The Morgan fingerprint density at radius 2 is 2.19 bits per heavy atom. The van der Waals surface area contributed by atoms with Crippen LogP contribution in [0.15, 0.2) is 18.2 Å². The highest BCUT2D eigenvalue weighted by Gasteiger charge is 2.34. The van der Waals surface area contributed by atoms with Gasteiger partial charge in [-0.3, -0.25) is 0 Å². The smallest absolute Gasteiger partial charge is 0.122 e. The lowest BCUT2D eigenvalue weighted by Crippen LogP contribution is -2.19. The monoisotopic (exact) mass is 239 g/mol. The first-order valence-electron chi connectivity index (χ1n) is 5.76. The number of methoxy groups -OCH3 is 1. The Hall–Kier alpha value is -0.730. The lowest BCUT2D eigenvalue weighted by molar-refractivity contribution is 0.384. The Kier molecular flexibility index (Phi) is 3.41. The topological polar surface area (TPSA) is 21.3 Å².